The van der Waals surface area contributed by atoms with E-state index in [1.165, 1.54) is 5.56 Å². The van der Waals surface area contributed by atoms with E-state index in [0.717, 1.165) is 28.2 Å². The fourth-order valence-corrected chi connectivity index (χ4v) is 2.71. The van der Waals surface area contributed by atoms with Gasteiger partial charge in [0.15, 0.2) is 0 Å². The summed E-state index contributed by atoms with van der Waals surface area (Å²) < 4.78 is 0. The second-order valence-electron chi connectivity index (χ2n) is 4.43. The summed E-state index contributed by atoms with van der Waals surface area (Å²) in [6.07, 6.45) is 0. The van der Waals surface area contributed by atoms with Crippen LogP contribution in [0.3, 0.4) is 0 Å². The van der Waals surface area contributed by atoms with Crippen LogP contribution in [0.5, 0.6) is 0 Å². The van der Waals surface area contributed by atoms with Gasteiger partial charge >= 0.3 is 0 Å². The van der Waals surface area contributed by atoms with Crippen molar-refractivity contribution < 1.29 is 5.11 Å². The predicted octanol–water partition coefficient (Wildman–Crippen LogP) is 2.86. The molecule has 2 aromatic carbocycles. The fraction of sp³-hybridized carbons (Fsp3) is 0.188. The van der Waals surface area contributed by atoms with E-state index >= 15 is 0 Å². The molecule has 3 nitrogen and oxygen atoms in total. The number of rotatable bonds is 6. The highest BCUT2D eigenvalue weighted by Crippen LogP contribution is 2.24. The second-order valence-corrected chi connectivity index (χ2v) is 5.54. The lowest BCUT2D eigenvalue weighted by molar-refractivity contribution is 0.322. The lowest BCUT2D eigenvalue weighted by atomic mass is 9.98. The number of aliphatic hydroxyl groups is 1. The van der Waals surface area contributed by atoms with Gasteiger partial charge in [-0.2, -0.15) is 11.8 Å². The van der Waals surface area contributed by atoms with Crippen molar-refractivity contribution in [3.63, 3.8) is 0 Å². The molecule has 2 rings (SSSR count). The van der Waals surface area contributed by atoms with E-state index < -0.39 is 0 Å². The summed E-state index contributed by atoms with van der Waals surface area (Å²) in [5, 5.41) is 16.4. The molecule has 104 valence electrons. The van der Waals surface area contributed by atoms with Gasteiger partial charge in [0.2, 0.25) is 0 Å². The molecule has 0 aliphatic rings. The average molecular weight is 286 g/mol. The second kappa shape index (κ2) is 7.12. The van der Waals surface area contributed by atoms with Crippen molar-refractivity contribution >= 4 is 17.6 Å². The lowest BCUT2D eigenvalue weighted by Crippen LogP contribution is -2.12. The number of nitrogens with one attached hydrogen (secondary N) is 1. The molecule has 0 aliphatic heterocycles. The number of thioether (sulfide) groups is 1. The molecule has 0 spiro atoms. The smallest absolute Gasteiger partial charge is 0.123 e. The van der Waals surface area contributed by atoms with Gasteiger partial charge in [-0.3, -0.25) is 5.41 Å². The van der Waals surface area contributed by atoms with Crippen LogP contribution in [-0.4, -0.2) is 23.3 Å². The van der Waals surface area contributed by atoms with Gasteiger partial charge in [0.25, 0.3) is 0 Å². The molecule has 0 amide bonds. The number of benzene rings is 2. The molecule has 0 unspecified atom stereocenters. The highest BCUT2D eigenvalue weighted by atomic mass is 32.2. The van der Waals surface area contributed by atoms with Crippen molar-refractivity contribution in [2.75, 3.05) is 12.4 Å². The predicted molar refractivity (Wildman–Crippen MR) is 86.1 cm³/mol. The topological polar surface area (TPSA) is 70.1 Å². The molecule has 0 atom stereocenters. The highest BCUT2D eigenvalue weighted by molar-refractivity contribution is 7.98. The van der Waals surface area contributed by atoms with E-state index in [-0.39, 0.29) is 12.4 Å². The first-order valence-electron chi connectivity index (χ1n) is 6.43. The van der Waals surface area contributed by atoms with Crippen molar-refractivity contribution in [3.05, 3.63) is 59.7 Å². The van der Waals surface area contributed by atoms with Crippen molar-refractivity contribution in [1.29, 1.82) is 5.41 Å². The van der Waals surface area contributed by atoms with Gasteiger partial charge in [-0.05, 0) is 16.7 Å². The Kier molecular flexibility index (Phi) is 5.21. The van der Waals surface area contributed by atoms with Gasteiger partial charge < -0.3 is 10.8 Å². The Labute approximate surface area is 123 Å². The fourth-order valence-electron chi connectivity index (χ4n) is 2.00. The van der Waals surface area contributed by atoms with Gasteiger partial charge in [0.1, 0.15) is 5.84 Å². The molecular formula is C16H18N2OS. The van der Waals surface area contributed by atoms with Crippen LogP contribution < -0.4 is 5.73 Å². The lowest BCUT2D eigenvalue weighted by Gasteiger charge is -2.09. The molecule has 2 aromatic rings. The molecule has 0 saturated carbocycles. The monoisotopic (exact) mass is 286 g/mol. The zero-order valence-electron chi connectivity index (χ0n) is 11.2. The summed E-state index contributed by atoms with van der Waals surface area (Å²) in [6.45, 7) is 0.217. The van der Waals surface area contributed by atoms with Crippen molar-refractivity contribution in [2.24, 2.45) is 5.73 Å². The first-order valence-corrected chi connectivity index (χ1v) is 7.59. The van der Waals surface area contributed by atoms with Gasteiger partial charge in [0, 0.05) is 17.1 Å². The van der Waals surface area contributed by atoms with Crippen LogP contribution in [0.1, 0.15) is 11.1 Å². The third-order valence-electron chi connectivity index (χ3n) is 2.99. The van der Waals surface area contributed by atoms with E-state index in [0.29, 0.717) is 0 Å². The Hall–Kier alpha value is -1.78. The molecule has 20 heavy (non-hydrogen) atoms. The molecule has 0 saturated heterocycles. The Balaban J connectivity index is 2.20. The maximum absolute atomic E-state index is 8.77. The quantitative estimate of drug-likeness (QED) is 0.434. The van der Waals surface area contributed by atoms with Crippen LogP contribution in [-0.2, 0) is 5.75 Å². The molecule has 4 N–H and O–H groups in total. The van der Waals surface area contributed by atoms with Crippen LogP contribution in [0, 0.1) is 5.41 Å². The maximum Gasteiger partial charge on any atom is 0.123 e. The van der Waals surface area contributed by atoms with E-state index in [9.17, 15) is 0 Å². The van der Waals surface area contributed by atoms with E-state index in [1.807, 2.05) is 24.3 Å². The maximum atomic E-state index is 8.77. The number of hydrogen-bond acceptors (Lipinski definition) is 3. The first-order chi connectivity index (χ1) is 9.72. The third-order valence-corrected chi connectivity index (χ3v) is 4.00. The highest BCUT2D eigenvalue weighted by Gasteiger charge is 2.06. The summed E-state index contributed by atoms with van der Waals surface area (Å²) in [5.74, 6) is 1.74. The summed E-state index contributed by atoms with van der Waals surface area (Å²) in [6, 6.07) is 15.9. The molecule has 0 aliphatic carbocycles. The molecule has 0 radical (unpaired) electrons. The van der Waals surface area contributed by atoms with Crippen LogP contribution in [0.2, 0.25) is 0 Å². The van der Waals surface area contributed by atoms with E-state index in [4.69, 9.17) is 16.2 Å². The standard InChI is InChI=1S/C16H18N2OS/c17-16(18)15-4-2-1-3-14(15)13-7-5-12(6-8-13)11-20-10-9-19/h1-8,19H,9-11H2,(H3,17,18). The van der Waals surface area contributed by atoms with Gasteiger partial charge in [-0.25, -0.2) is 0 Å². The van der Waals surface area contributed by atoms with Gasteiger partial charge in [-0.1, -0.05) is 48.5 Å². The number of amidine groups is 1. The Morgan fingerprint density at radius 1 is 1.10 bits per heavy atom. The summed E-state index contributed by atoms with van der Waals surface area (Å²) in [5.41, 5.74) is 9.65. The third kappa shape index (κ3) is 3.62. The largest absolute Gasteiger partial charge is 0.396 e. The summed E-state index contributed by atoms with van der Waals surface area (Å²) >= 11 is 1.71. The molecule has 0 heterocycles. The zero-order chi connectivity index (χ0) is 14.4. The van der Waals surface area contributed by atoms with Crippen LogP contribution in [0.15, 0.2) is 48.5 Å². The Bertz CT molecular complexity index is 581. The van der Waals surface area contributed by atoms with E-state index in [1.54, 1.807) is 11.8 Å². The molecule has 0 fully saturated rings. The molecule has 0 aromatic heterocycles. The number of nitrogens with two attached hydrogens (primary N) is 1. The number of hydrogen-bond donors (Lipinski definition) is 3. The normalized spacial score (nSPS) is 10.4. The molecule has 4 heteroatoms. The van der Waals surface area contributed by atoms with Crippen LogP contribution in [0.25, 0.3) is 11.1 Å². The van der Waals surface area contributed by atoms with E-state index in [2.05, 4.69) is 24.3 Å². The average Bonchev–Trinajstić information content (AvgIpc) is 2.48. The minimum atomic E-state index is 0.0863. The first kappa shape index (κ1) is 14.6. The zero-order valence-corrected chi connectivity index (χ0v) is 12.0. The van der Waals surface area contributed by atoms with Crippen LogP contribution in [0.4, 0.5) is 0 Å². The summed E-state index contributed by atoms with van der Waals surface area (Å²) in [7, 11) is 0. The molecule has 0 bridgehead atoms. The van der Waals surface area contributed by atoms with Crippen molar-refractivity contribution in [1.82, 2.24) is 0 Å². The SMILES string of the molecule is N=C(N)c1ccccc1-c1ccc(CSCCO)cc1. The summed E-state index contributed by atoms with van der Waals surface area (Å²) in [4.78, 5) is 0. The minimum Gasteiger partial charge on any atom is -0.396 e. The van der Waals surface area contributed by atoms with Crippen molar-refractivity contribution in [3.8, 4) is 11.1 Å². The van der Waals surface area contributed by atoms with Gasteiger partial charge in [-0.15, -0.1) is 0 Å². The van der Waals surface area contributed by atoms with Gasteiger partial charge in [0.05, 0.1) is 6.61 Å². The Morgan fingerprint density at radius 2 is 1.80 bits per heavy atom. The number of aliphatic hydroxyl groups excluding tert-OH is 1. The molecular weight excluding hydrogens is 268 g/mol. The van der Waals surface area contributed by atoms with Crippen LogP contribution >= 0.6 is 11.8 Å². The Morgan fingerprint density at radius 3 is 2.45 bits per heavy atom. The number of nitrogen functional groups attached to an aromatic ring is 1. The minimum absolute atomic E-state index is 0.0863. The van der Waals surface area contributed by atoms with Crippen molar-refractivity contribution in [2.45, 2.75) is 5.75 Å².